The molecule has 0 saturated heterocycles. The minimum Gasteiger partial charge on any atom is -0.380 e. The molecule has 4 nitrogen and oxygen atoms in total. The van der Waals surface area contributed by atoms with Gasteiger partial charge in [0.1, 0.15) is 0 Å². The molecular formula is C14H22N2O2S. The van der Waals surface area contributed by atoms with E-state index in [1.165, 1.54) is 0 Å². The Morgan fingerprint density at radius 3 is 2.68 bits per heavy atom. The van der Waals surface area contributed by atoms with Crippen LogP contribution in [0, 0.1) is 0 Å². The van der Waals surface area contributed by atoms with E-state index in [0.717, 1.165) is 19.3 Å². The molecule has 3 N–H and O–H groups in total. The second kappa shape index (κ2) is 5.92. The highest BCUT2D eigenvalue weighted by Gasteiger charge is 2.26. The first-order valence-electron chi connectivity index (χ1n) is 6.88. The highest BCUT2D eigenvalue weighted by atomic mass is 32.2. The van der Waals surface area contributed by atoms with E-state index in [9.17, 15) is 8.42 Å². The van der Waals surface area contributed by atoms with Gasteiger partial charge in [0.25, 0.3) is 0 Å². The van der Waals surface area contributed by atoms with E-state index >= 15 is 0 Å². The van der Waals surface area contributed by atoms with E-state index in [4.69, 9.17) is 5.73 Å². The first-order valence-corrected chi connectivity index (χ1v) is 8.53. The Bertz CT molecular complexity index is 528. The predicted molar refractivity (Wildman–Crippen MR) is 78.0 cm³/mol. The molecule has 0 radical (unpaired) electrons. The molecule has 1 aliphatic rings. The van der Waals surface area contributed by atoms with Gasteiger partial charge in [0.05, 0.1) is 16.3 Å². The standard InChI is InChI=1S/C14H22N2O2S/c1-2-10-19(17,18)14-9-4-3-7-13(14)16-12-8-5-6-11(12)15/h3-4,7,9,11-12,16H,2,5-6,8,10,15H2,1H3. The Kier molecular flexibility index (Phi) is 4.47. The third-order valence-electron chi connectivity index (χ3n) is 3.61. The van der Waals surface area contributed by atoms with Crippen LogP contribution in [0.4, 0.5) is 5.69 Å². The van der Waals surface area contributed by atoms with E-state index < -0.39 is 9.84 Å². The molecule has 2 unspecified atom stereocenters. The van der Waals surface area contributed by atoms with Gasteiger partial charge >= 0.3 is 0 Å². The van der Waals surface area contributed by atoms with Crippen molar-refractivity contribution in [2.24, 2.45) is 5.73 Å². The Hall–Kier alpha value is -1.07. The Balaban J connectivity index is 2.26. The first kappa shape index (κ1) is 14.3. The maximum absolute atomic E-state index is 12.2. The molecule has 19 heavy (non-hydrogen) atoms. The van der Waals surface area contributed by atoms with E-state index in [1.807, 2.05) is 19.1 Å². The lowest BCUT2D eigenvalue weighted by Crippen LogP contribution is -2.35. The summed E-state index contributed by atoms with van der Waals surface area (Å²) in [5.74, 6) is 0.183. The van der Waals surface area contributed by atoms with Gasteiger partial charge in [-0.15, -0.1) is 0 Å². The van der Waals surface area contributed by atoms with Crippen molar-refractivity contribution in [2.45, 2.75) is 49.6 Å². The van der Waals surface area contributed by atoms with Crippen LogP contribution in [-0.2, 0) is 9.84 Å². The second-order valence-electron chi connectivity index (χ2n) is 5.16. The number of anilines is 1. The van der Waals surface area contributed by atoms with Crippen LogP contribution in [0.25, 0.3) is 0 Å². The minimum absolute atomic E-state index is 0.113. The number of para-hydroxylation sites is 1. The summed E-state index contributed by atoms with van der Waals surface area (Å²) < 4.78 is 24.5. The summed E-state index contributed by atoms with van der Waals surface area (Å²) in [5.41, 5.74) is 6.73. The molecule has 1 saturated carbocycles. The SMILES string of the molecule is CCCS(=O)(=O)c1ccccc1NC1CCCC1N. The summed E-state index contributed by atoms with van der Waals surface area (Å²) in [6.45, 7) is 1.88. The smallest absolute Gasteiger partial charge is 0.180 e. The van der Waals surface area contributed by atoms with Gasteiger partial charge in [-0.25, -0.2) is 8.42 Å². The van der Waals surface area contributed by atoms with Crippen molar-refractivity contribution in [3.63, 3.8) is 0 Å². The van der Waals surface area contributed by atoms with Crippen LogP contribution in [0.3, 0.4) is 0 Å². The van der Waals surface area contributed by atoms with Crippen LogP contribution in [0.2, 0.25) is 0 Å². The minimum atomic E-state index is -3.20. The molecular weight excluding hydrogens is 260 g/mol. The number of nitrogens with one attached hydrogen (secondary N) is 1. The third-order valence-corrected chi connectivity index (χ3v) is 5.58. The van der Waals surface area contributed by atoms with E-state index in [-0.39, 0.29) is 17.8 Å². The zero-order valence-corrected chi connectivity index (χ0v) is 12.1. The van der Waals surface area contributed by atoms with Gasteiger partial charge in [0, 0.05) is 12.1 Å². The van der Waals surface area contributed by atoms with Crippen molar-refractivity contribution in [2.75, 3.05) is 11.1 Å². The molecule has 2 atom stereocenters. The van der Waals surface area contributed by atoms with E-state index in [2.05, 4.69) is 5.32 Å². The average Bonchev–Trinajstić information content (AvgIpc) is 2.75. The lowest BCUT2D eigenvalue weighted by Gasteiger charge is -2.20. The topological polar surface area (TPSA) is 72.2 Å². The van der Waals surface area contributed by atoms with Crippen LogP contribution in [0.5, 0.6) is 0 Å². The Labute approximate surface area is 115 Å². The Morgan fingerprint density at radius 2 is 2.05 bits per heavy atom. The van der Waals surface area contributed by atoms with Gasteiger partial charge in [-0.1, -0.05) is 19.1 Å². The maximum Gasteiger partial charge on any atom is 0.180 e. The van der Waals surface area contributed by atoms with Crippen molar-refractivity contribution in [1.29, 1.82) is 0 Å². The first-order chi connectivity index (χ1) is 9.04. The Morgan fingerprint density at radius 1 is 1.32 bits per heavy atom. The van der Waals surface area contributed by atoms with Crippen LogP contribution in [0.1, 0.15) is 32.6 Å². The number of sulfone groups is 1. The van der Waals surface area contributed by atoms with Crippen LogP contribution in [0.15, 0.2) is 29.2 Å². The molecule has 1 fully saturated rings. The number of hydrogen-bond donors (Lipinski definition) is 2. The quantitative estimate of drug-likeness (QED) is 0.868. The number of rotatable bonds is 5. The molecule has 2 rings (SSSR count). The van der Waals surface area contributed by atoms with Crippen LogP contribution >= 0.6 is 0 Å². The summed E-state index contributed by atoms with van der Waals surface area (Å²) >= 11 is 0. The summed E-state index contributed by atoms with van der Waals surface area (Å²) in [6, 6.07) is 7.41. The molecule has 106 valence electrons. The molecule has 0 bridgehead atoms. The monoisotopic (exact) mass is 282 g/mol. The summed E-state index contributed by atoms with van der Waals surface area (Å²) in [5, 5.41) is 3.32. The zero-order chi connectivity index (χ0) is 13.9. The van der Waals surface area contributed by atoms with Gasteiger partial charge in [-0.2, -0.15) is 0 Å². The van der Waals surface area contributed by atoms with E-state index in [0.29, 0.717) is 17.0 Å². The highest BCUT2D eigenvalue weighted by Crippen LogP contribution is 2.27. The van der Waals surface area contributed by atoms with Crippen LogP contribution < -0.4 is 11.1 Å². The summed E-state index contributed by atoms with van der Waals surface area (Å²) in [6.07, 6.45) is 3.73. The van der Waals surface area contributed by atoms with Gasteiger partial charge in [0.2, 0.25) is 0 Å². The molecule has 0 heterocycles. The summed E-state index contributed by atoms with van der Waals surface area (Å²) in [7, 11) is -3.20. The van der Waals surface area contributed by atoms with E-state index in [1.54, 1.807) is 12.1 Å². The maximum atomic E-state index is 12.2. The largest absolute Gasteiger partial charge is 0.380 e. The molecule has 5 heteroatoms. The number of benzene rings is 1. The van der Waals surface area contributed by atoms with Crippen molar-refractivity contribution >= 4 is 15.5 Å². The molecule has 1 aliphatic carbocycles. The average molecular weight is 282 g/mol. The number of nitrogens with two attached hydrogens (primary N) is 1. The van der Waals surface area contributed by atoms with Crippen molar-refractivity contribution < 1.29 is 8.42 Å². The van der Waals surface area contributed by atoms with Gasteiger partial charge in [-0.3, -0.25) is 0 Å². The van der Waals surface area contributed by atoms with Crippen LogP contribution in [-0.4, -0.2) is 26.3 Å². The fraction of sp³-hybridized carbons (Fsp3) is 0.571. The van der Waals surface area contributed by atoms with Crippen molar-refractivity contribution in [3.8, 4) is 0 Å². The van der Waals surface area contributed by atoms with Crippen molar-refractivity contribution in [1.82, 2.24) is 0 Å². The normalized spacial score (nSPS) is 23.5. The molecule has 0 aromatic heterocycles. The van der Waals surface area contributed by atoms with Crippen molar-refractivity contribution in [3.05, 3.63) is 24.3 Å². The van der Waals surface area contributed by atoms with Gasteiger partial charge < -0.3 is 11.1 Å². The zero-order valence-electron chi connectivity index (χ0n) is 11.3. The molecule has 1 aromatic carbocycles. The third kappa shape index (κ3) is 3.28. The molecule has 0 amide bonds. The highest BCUT2D eigenvalue weighted by molar-refractivity contribution is 7.91. The lowest BCUT2D eigenvalue weighted by molar-refractivity contribution is 0.594. The molecule has 0 aliphatic heterocycles. The fourth-order valence-electron chi connectivity index (χ4n) is 2.60. The summed E-state index contributed by atoms with van der Waals surface area (Å²) in [4.78, 5) is 0.399. The second-order valence-corrected chi connectivity index (χ2v) is 7.24. The van der Waals surface area contributed by atoms with Gasteiger partial charge in [0.15, 0.2) is 9.84 Å². The fourth-order valence-corrected chi connectivity index (χ4v) is 4.11. The number of hydrogen-bond acceptors (Lipinski definition) is 4. The molecule has 0 spiro atoms. The predicted octanol–water partition coefficient (Wildman–Crippen LogP) is 2.16. The lowest BCUT2D eigenvalue weighted by atomic mass is 10.2. The van der Waals surface area contributed by atoms with Gasteiger partial charge in [-0.05, 0) is 37.8 Å². The molecule has 1 aromatic rings.